The van der Waals surface area contributed by atoms with Crippen molar-refractivity contribution < 1.29 is 23.8 Å². The minimum absolute atomic E-state index is 0.0945. The average molecular weight is 308 g/mol. The Hall–Kier alpha value is -2.57. The van der Waals surface area contributed by atoms with Gasteiger partial charge in [0.1, 0.15) is 11.4 Å². The number of carbonyl (C=O) groups is 2. The lowest BCUT2D eigenvalue weighted by Gasteiger charge is -2.20. The van der Waals surface area contributed by atoms with E-state index in [1.54, 1.807) is 20.8 Å². The van der Waals surface area contributed by atoms with Gasteiger partial charge in [-0.25, -0.2) is 14.0 Å². The lowest BCUT2D eigenvalue weighted by Crippen LogP contribution is -2.27. The van der Waals surface area contributed by atoms with Crippen molar-refractivity contribution in [2.45, 2.75) is 33.3 Å². The maximum atomic E-state index is 14.2. The summed E-state index contributed by atoms with van der Waals surface area (Å²) in [6, 6.07) is 2.67. The maximum absolute atomic E-state index is 14.2. The highest BCUT2D eigenvalue weighted by molar-refractivity contribution is 5.97. The second-order valence-corrected chi connectivity index (χ2v) is 5.89. The van der Waals surface area contributed by atoms with Gasteiger partial charge in [-0.2, -0.15) is 0 Å². The first-order valence-electron chi connectivity index (χ1n) is 6.63. The van der Waals surface area contributed by atoms with Gasteiger partial charge in [-0.05, 0) is 39.8 Å². The number of nitrogens with one attached hydrogen (secondary N) is 1. The van der Waals surface area contributed by atoms with Gasteiger partial charge in [0, 0.05) is 17.1 Å². The van der Waals surface area contributed by atoms with E-state index in [2.05, 4.69) is 5.32 Å². The largest absolute Gasteiger partial charge is 0.464 e. The molecule has 7 heteroatoms. The number of benzene rings is 1. The van der Waals surface area contributed by atoms with Crippen LogP contribution in [-0.2, 0) is 4.74 Å². The van der Waals surface area contributed by atoms with Crippen molar-refractivity contribution in [3.63, 3.8) is 0 Å². The highest BCUT2D eigenvalue weighted by atomic mass is 19.1. The smallest absolute Gasteiger partial charge is 0.416 e. The number of rotatable bonds is 1. The van der Waals surface area contributed by atoms with Gasteiger partial charge in [-0.15, -0.1) is 0 Å². The molecule has 0 saturated carbocycles. The lowest BCUT2D eigenvalue weighted by molar-refractivity contribution is 0.0635. The summed E-state index contributed by atoms with van der Waals surface area (Å²) in [5, 5.41) is 11.9. The van der Waals surface area contributed by atoms with Crippen LogP contribution >= 0.6 is 0 Å². The molecule has 2 rings (SSSR count). The molecule has 6 nitrogen and oxygen atoms in total. The number of hydrogen-bond acceptors (Lipinski definition) is 3. The zero-order valence-corrected chi connectivity index (χ0v) is 12.7. The molecular formula is C15H17FN2O4. The minimum Gasteiger partial charge on any atom is -0.464 e. The van der Waals surface area contributed by atoms with E-state index in [1.807, 2.05) is 0 Å². The monoisotopic (exact) mass is 308 g/mol. The lowest BCUT2D eigenvalue weighted by atomic mass is 10.1. The summed E-state index contributed by atoms with van der Waals surface area (Å²) in [7, 11) is 0. The molecule has 1 heterocycles. The Kier molecular flexibility index (Phi) is 3.83. The van der Waals surface area contributed by atoms with Crippen LogP contribution in [0.5, 0.6) is 0 Å². The van der Waals surface area contributed by atoms with Gasteiger partial charge in [0.15, 0.2) is 0 Å². The van der Waals surface area contributed by atoms with E-state index >= 15 is 0 Å². The highest BCUT2D eigenvalue weighted by Gasteiger charge is 2.21. The van der Waals surface area contributed by atoms with E-state index in [9.17, 15) is 14.0 Å². The van der Waals surface area contributed by atoms with E-state index < -0.39 is 23.6 Å². The number of ether oxygens (including phenoxy) is 1. The number of aromatic nitrogens is 1. The average Bonchev–Trinajstić information content (AvgIpc) is 2.76. The summed E-state index contributed by atoms with van der Waals surface area (Å²) in [5.74, 6) is -0.654. The van der Waals surface area contributed by atoms with Crippen molar-refractivity contribution in [1.29, 1.82) is 0 Å². The topological polar surface area (TPSA) is 80.6 Å². The second-order valence-electron chi connectivity index (χ2n) is 5.89. The Labute approximate surface area is 126 Å². The molecule has 1 amide bonds. The molecule has 0 radical (unpaired) electrons. The summed E-state index contributed by atoms with van der Waals surface area (Å²) in [6.07, 6.45) is -0.660. The van der Waals surface area contributed by atoms with E-state index in [4.69, 9.17) is 9.84 Å². The Morgan fingerprint density at radius 1 is 1.36 bits per heavy atom. The molecule has 118 valence electrons. The van der Waals surface area contributed by atoms with Crippen molar-refractivity contribution in [2.75, 3.05) is 5.32 Å². The summed E-state index contributed by atoms with van der Waals surface area (Å²) >= 11 is 0. The van der Waals surface area contributed by atoms with E-state index in [0.29, 0.717) is 16.5 Å². The van der Waals surface area contributed by atoms with Crippen LogP contribution in [0.4, 0.5) is 19.7 Å². The van der Waals surface area contributed by atoms with Gasteiger partial charge in [0.05, 0.1) is 11.2 Å². The standard InChI is InChI=1S/C15H17FN2O4/c1-8-11(17-13(19)22-15(2,3)4)10(16)7-9-5-6-18(12(8)9)14(20)21/h5-7H,1-4H3,(H,17,19)(H,20,21). The number of amides is 1. The van der Waals surface area contributed by atoms with Crippen molar-refractivity contribution in [1.82, 2.24) is 4.57 Å². The molecule has 0 saturated heterocycles. The van der Waals surface area contributed by atoms with Gasteiger partial charge in [-0.3, -0.25) is 9.88 Å². The SMILES string of the molecule is Cc1c(NC(=O)OC(C)(C)C)c(F)cc2ccn(C(=O)O)c12. The molecule has 0 bridgehead atoms. The first kappa shape index (κ1) is 15.8. The third-order valence-electron chi connectivity index (χ3n) is 3.00. The summed E-state index contributed by atoms with van der Waals surface area (Å²) in [6.45, 7) is 6.61. The molecule has 0 spiro atoms. The van der Waals surface area contributed by atoms with Gasteiger partial charge in [0.25, 0.3) is 0 Å². The van der Waals surface area contributed by atoms with Crippen LogP contribution in [0.2, 0.25) is 0 Å². The fraction of sp³-hybridized carbons (Fsp3) is 0.333. The Morgan fingerprint density at radius 3 is 2.55 bits per heavy atom. The minimum atomic E-state index is -1.19. The summed E-state index contributed by atoms with van der Waals surface area (Å²) < 4.78 is 20.2. The molecular weight excluding hydrogens is 291 g/mol. The molecule has 1 aromatic carbocycles. The summed E-state index contributed by atoms with van der Waals surface area (Å²) in [5.41, 5.74) is -0.184. The van der Waals surface area contributed by atoms with E-state index in [1.165, 1.54) is 25.3 Å². The Morgan fingerprint density at radius 2 is 2.00 bits per heavy atom. The van der Waals surface area contributed by atoms with Gasteiger partial charge < -0.3 is 9.84 Å². The zero-order chi connectivity index (χ0) is 16.7. The number of nitrogens with zero attached hydrogens (tertiary/aromatic N) is 1. The Balaban J connectivity index is 2.48. The maximum Gasteiger partial charge on any atom is 0.416 e. The fourth-order valence-corrected chi connectivity index (χ4v) is 2.19. The normalized spacial score (nSPS) is 11.5. The van der Waals surface area contributed by atoms with Crippen LogP contribution < -0.4 is 5.32 Å². The molecule has 0 aliphatic carbocycles. The van der Waals surface area contributed by atoms with Crippen LogP contribution in [0.15, 0.2) is 18.3 Å². The van der Waals surface area contributed by atoms with E-state index in [0.717, 1.165) is 4.57 Å². The van der Waals surface area contributed by atoms with Crippen LogP contribution in [0.1, 0.15) is 26.3 Å². The molecule has 2 aromatic rings. The molecule has 0 aliphatic rings. The first-order chi connectivity index (χ1) is 10.1. The molecule has 0 unspecified atom stereocenters. The quantitative estimate of drug-likeness (QED) is 0.835. The molecule has 2 N–H and O–H groups in total. The summed E-state index contributed by atoms with van der Waals surface area (Å²) in [4.78, 5) is 23.0. The number of aryl methyl sites for hydroxylation is 1. The molecule has 0 aliphatic heterocycles. The van der Waals surface area contributed by atoms with Crippen LogP contribution in [-0.4, -0.2) is 27.5 Å². The zero-order valence-electron chi connectivity index (χ0n) is 12.7. The number of fused-ring (bicyclic) bond motifs is 1. The van der Waals surface area contributed by atoms with Gasteiger partial charge >= 0.3 is 12.2 Å². The third kappa shape index (κ3) is 3.03. The number of carboxylic acid groups (broad SMARTS) is 1. The van der Waals surface area contributed by atoms with Crippen molar-refractivity contribution in [3.05, 3.63) is 29.7 Å². The number of halogens is 1. The molecule has 22 heavy (non-hydrogen) atoms. The van der Waals surface area contributed by atoms with Crippen molar-refractivity contribution in [3.8, 4) is 0 Å². The Bertz CT molecular complexity index is 759. The number of hydrogen-bond donors (Lipinski definition) is 2. The molecule has 1 aromatic heterocycles. The first-order valence-corrected chi connectivity index (χ1v) is 6.63. The highest BCUT2D eigenvalue weighted by Crippen LogP contribution is 2.30. The van der Waals surface area contributed by atoms with E-state index in [-0.39, 0.29) is 5.69 Å². The van der Waals surface area contributed by atoms with Gasteiger partial charge in [0.2, 0.25) is 0 Å². The predicted octanol–water partition coefficient (Wildman–Crippen LogP) is 3.96. The fourth-order valence-electron chi connectivity index (χ4n) is 2.19. The second kappa shape index (κ2) is 5.32. The third-order valence-corrected chi connectivity index (χ3v) is 3.00. The van der Waals surface area contributed by atoms with Crippen molar-refractivity contribution in [2.24, 2.45) is 0 Å². The molecule has 0 fully saturated rings. The number of carbonyl (C=O) groups excluding carboxylic acids is 1. The van der Waals surface area contributed by atoms with Crippen LogP contribution in [0.3, 0.4) is 0 Å². The van der Waals surface area contributed by atoms with Crippen LogP contribution in [0, 0.1) is 12.7 Å². The van der Waals surface area contributed by atoms with Crippen LogP contribution in [0.25, 0.3) is 10.9 Å². The predicted molar refractivity (Wildman–Crippen MR) is 79.9 cm³/mol. The molecule has 0 atom stereocenters. The number of anilines is 1. The van der Waals surface area contributed by atoms with Crippen molar-refractivity contribution >= 4 is 28.8 Å². The van der Waals surface area contributed by atoms with Gasteiger partial charge in [-0.1, -0.05) is 0 Å².